The fourth-order valence-corrected chi connectivity index (χ4v) is 2.63. The Morgan fingerprint density at radius 2 is 1.59 bits per heavy atom. The first kappa shape index (κ1) is 20.5. The van der Waals surface area contributed by atoms with Crippen molar-refractivity contribution in [1.29, 1.82) is 0 Å². The van der Waals surface area contributed by atoms with E-state index in [-0.39, 0.29) is 21.9 Å². The van der Waals surface area contributed by atoms with Gasteiger partial charge in [-0.2, -0.15) is 0 Å². The summed E-state index contributed by atoms with van der Waals surface area (Å²) in [5.74, 6) is -0.609. The predicted octanol–water partition coefficient (Wildman–Crippen LogP) is 3.73. The standard InChI is InChI=1S/C18H17ClN2O5S/c1-24-15-7-5-11(19)9-14(15)21-18(27)20-13-8-10(16(22)25-2)4-6-12(13)17(23)26-3/h4-9H,1-3H3,(H2,20,21,27). The molecule has 0 unspecified atom stereocenters. The highest BCUT2D eigenvalue weighted by Gasteiger charge is 2.17. The molecule has 0 aliphatic heterocycles. The summed E-state index contributed by atoms with van der Waals surface area (Å²) in [7, 11) is 4.04. The topological polar surface area (TPSA) is 85.9 Å². The van der Waals surface area contributed by atoms with Crippen molar-refractivity contribution in [3.8, 4) is 5.75 Å². The molecule has 7 nitrogen and oxygen atoms in total. The number of hydrogen-bond donors (Lipinski definition) is 2. The van der Waals surface area contributed by atoms with Gasteiger partial charge in [-0.1, -0.05) is 11.6 Å². The van der Waals surface area contributed by atoms with Gasteiger partial charge in [0, 0.05) is 5.02 Å². The van der Waals surface area contributed by atoms with Gasteiger partial charge in [0.2, 0.25) is 0 Å². The third kappa shape index (κ3) is 5.08. The van der Waals surface area contributed by atoms with Crippen LogP contribution in [0.1, 0.15) is 20.7 Å². The van der Waals surface area contributed by atoms with E-state index in [1.54, 1.807) is 18.2 Å². The van der Waals surface area contributed by atoms with Gasteiger partial charge in [0.15, 0.2) is 5.11 Å². The highest BCUT2D eigenvalue weighted by molar-refractivity contribution is 7.80. The molecule has 2 aromatic carbocycles. The summed E-state index contributed by atoms with van der Waals surface area (Å²) in [5.41, 5.74) is 1.26. The second-order valence-electron chi connectivity index (χ2n) is 5.17. The van der Waals surface area contributed by atoms with Crippen LogP contribution in [0.2, 0.25) is 5.02 Å². The van der Waals surface area contributed by atoms with E-state index in [0.717, 1.165) is 0 Å². The number of halogens is 1. The molecule has 2 N–H and O–H groups in total. The maximum Gasteiger partial charge on any atom is 0.339 e. The molecule has 27 heavy (non-hydrogen) atoms. The average molecular weight is 409 g/mol. The van der Waals surface area contributed by atoms with Crippen LogP contribution in [-0.4, -0.2) is 38.4 Å². The maximum absolute atomic E-state index is 12.0. The third-order valence-electron chi connectivity index (χ3n) is 3.50. The Morgan fingerprint density at radius 1 is 0.926 bits per heavy atom. The van der Waals surface area contributed by atoms with Crippen molar-refractivity contribution in [1.82, 2.24) is 0 Å². The Labute approximate surface area is 166 Å². The fraction of sp³-hybridized carbons (Fsp3) is 0.167. The summed E-state index contributed by atoms with van der Waals surface area (Å²) in [6, 6.07) is 9.35. The van der Waals surface area contributed by atoms with Crippen molar-refractivity contribution in [3.05, 3.63) is 52.5 Å². The van der Waals surface area contributed by atoms with Crippen molar-refractivity contribution in [3.63, 3.8) is 0 Å². The summed E-state index contributed by atoms with van der Waals surface area (Å²) >= 11 is 11.3. The first-order chi connectivity index (χ1) is 12.9. The zero-order chi connectivity index (χ0) is 20.0. The van der Waals surface area contributed by atoms with Crippen LogP contribution in [0.5, 0.6) is 5.75 Å². The molecule has 0 fully saturated rings. The van der Waals surface area contributed by atoms with Gasteiger partial charge in [0.05, 0.1) is 43.8 Å². The molecule has 9 heteroatoms. The molecule has 0 saturated carbocycles. The Hall–Kier alpha value is -2.84. The molecule has 0 spiro atoms. The lowest BCUT2D eigenvalue weighted by molar-refractivity contribution is 0.0587. The smallest absolute Gasteiger partial charge is 0.339 e. The molecule has 2 rings (SSSR count). The van der Waals surface area contributed by atoms with Crippen molar-refractivity contribution >= 4 is 52.2 Å². The van der Waals surface area contributed by atoms with Gasteiger partial charge in [-0.15, -0.1) is 0 Å². The summed E-state index contributed by atoms with van der Waals surface area (Å²) in [6.45, 7) is 0. The highest BCUT2D eigenvalue weighted by Crippen LogP contribution is 2.28. The molecule has 0 saturated heterocycles. The zero-order valence-corrected chi connectivity index (χ0v) is 16.4. The Kier molecular flexibility index (Phi) is 6.98. The molecule has 0 aromatic heterocycles. The van der Waals surface area contributed by atoms with E-state index in [9.17, 15) is 9.59 Å². The van der Waals surface area contributed by atoms with Crippen LogP contribution in [0.25, 0.3) is 0 Å². The van der Waals surface area contributed by atoms with Crippen LogP contribution in [0.15, 0.2) is 36.4 Å². The summed E-state index contributed by atoms with van der Waals surface area (Å²) < 4.78 is 14.7. The van der Waals surface area contributed by atoms with Gasteiger partial charge in [-0.05, 0) is 48.6 Å². The maximum atomic E-state index is 12.0. The van der Waals surface area contributed by atoms with Crippen LogP contribution >= 0.6 is 23.8 Å². The minimum Gasteiger partial charge on any atom is -0.495 e. The Morgan fingerprint density at radius 3 is 2.22 bits per heavy atom. The lowest BCUT2D eigenvalue weighted by Gasteiger charge is -2.16. The number of thiocarbonyl (C=S) groups is 1. The van der Waals surface area contributed by atoms with E-state index in [2.05, 4.69) is 10.6 Å². The quantitative estimate of drug-likeness (QED) is 0.571. The molecule has 0 heterocycles. The SMILES string of the molecule is COC(=O)c1ccc(C(=O)OC)c(NC(=S)Nc2cc(Cl)ccc2OC)c1. The Balaban J connectivity index is 2.31. The van der Waals surface area contributed by atoms with Gasteiger partial charge in [0.25, 0.3) is 0 Å². The number of hydrogen-bond acceptors (Lipinski definition) is 6. The highest BCUT2D eigenvalue weighted by atomic mass is 35.5. The van der Waals surface area contributed by atoms with Gasteiger partial charge < -0.3 is 24.8 Å². The first-order valence-corrected chi connectivity index (χ1v) is 8.40. The molecular formula is C18H17ClN2O5S. The lowest BCUT2D eigenvalue weighted by atomic mass is 10.1. The normalized spacial score (nSPS) is 9.93. The van der Waals surface area contributed by atoms with E-state index in [1.165, 1.54) is 39.5 Å². The van der Waals surface area contributed by atoms with Gasteiger partial charge in [-0.25, -0.2) is 9.59 Å². The van der Waals surface area contributed by atoms with Crippen LogP contribution < -0.4 is 15.4 Å². The molecule has 0 amide bonds. The van der Waals surface area contributed by atoms with Crippen LogP contribution in [0.3, 0.4) is 0 Å². The number of ether oxygens (including phenoxy) is 3. The van der Waals surface area contributed by atoms with Crippen LogP contribution in [-0.2, 0) is 9.47 Å². The van der Waals surface area contributed by atoms with Crippen molar-refractivity contribution in [2.75, 3.05) is 32.0 Å². The minimum atomic E-state index is -0.586. The van der Waals surface area contributed by atoms with Crippen molar-refractivity contribution in [2.45, 2.75) is 0 Å². The first-order valence-electron chi connectivity index (χ1n) is 7.61. The fourth-order valence-electron chi connectivity index (χ4n) is 2.23. The number of carbonyl (C=O) groups excluding carboxylic acids is 2. The van der Waals surface area contributed by atoms with E-state index in [0.29, 0.717) is 16.5 Å². The molecule has 0 atom stereocenters. The minimum absolute atomic E-state index is 0.155. The molecular weight excluding hydrogens is 392 g/mol. The molecule has 0 aliphatic carbocycles. The third-order valence-corrected chi connectivity index (χ3v) is 3.94. The number of rotatable bonds is 5. The number of methoxy groups -OCH3 is 3. The van der Waals surface area contributed by atoms with Crippen molar-refractivity contribution in [2.24, 2.45) is 0 Å². The van der Waals surface area contributed by atoms with Crippen LogP contribution in [0.4, 0.5) is 11.4 Å². The molecule has 0 bridgehead atoms. The molecule has 0 radical (unpaired) electrons. The molecule has 2 aromatic rings. The summed E-state index contributed by atoms with van der Waals surface area (Å²) in [6.07, 6.45) is 0. The number of carbonyl (C=O) groups is 2. The Bertz CT molecular complexity index is 888. The number of nitrogens with one attached hydrogen (secondary N) is 2. The number of esters is 2. The van der Waals surface area contributed by atoms with Crippen molar-refractivity contribution < 1.29 is 23.8 Å². The lowest BCUT2D eigenvalue weighted by Crippen LogP contribution is -2.21. The average Bonchev–Trinajstić information content (AvgIpc) is 2.66. The predicted molar refractivity (Wildman–Crippen MR) is 107 cm³/mol. The zero-order valence-electron chi connectivity index (χ0n) is 14.8. The van der Waals surface area contributed by atoms with E-state index in [4.69, 9.17) is 38.0 Å². The van der Waals surface area contributed by atoms with E-state index >= 15 is 0 Å². The number of benzene rings is 2. The summed E-state index contributed by atoms with van der Waals surface area (Å²) in [4.78, 5) is 23.8. The van der Waals surface area contributed by atoms with E-state index in [1.807, 2.05) is 0 Å². The van der Waals surface area contributed by atoms with E-state index < -0.39 is 11.9 Å². The monoisotopic (exact) mass is 408 g/mol. The molecule has 142 valence electrons. The number of anilines is 2. The largest absolute Gasteiger partial charge is 0.495 e. The van der Waals surface area contributed by atoms with Gasteiger partial charge in [0.1, 0.15) is 5.75 Å². The van der Waals surface area contributed by atoms with Gasteiger partial charge >= 0.3 is 11.9 Å². The second-order valence-corrected chi connectivity index (χ2v) is 6.01. The second kappa shape index (κ2) is 9.20. The molecule has 0 aliphatic rings. The summed E-state index contributed by atoms with van der Waals surface area (Å²) in [5, 5.41) is 6.46. The van der Waals surface area contributed by atoms with Crippen LogP contribution in [0, 0.1) is 0 Å². The van der Waals surface area contributed by atoms with Gasteiger partial charge in [-0.3, -0.25) is 0 Å².